The average Bonchev–Trinajstić information content (AvgIpc) is 2.49. The van der Waals surface area contributed by atoms with Crippen molar-refractivity contribution in [1.82, 2.24) is 9.97 Å². The maximum atomic E-state index is 13.2. The molecular formula is C16H14Cl2N5O-. The Bertz CT molecular complexity index is 804. The fourth-order valence-corrected chi connectivity index (χ4v) is 3.49. The number of fused-ring (bicyclic) bond motifs is 1. The van der Waals surface area contributed by atoms with Gasteiger partial charge in [0.05, 0.1) is 17.3 Å². The smallest absolute Gasteiger partial charge is 0.330 e. The topological polar surface area (TPSA) is 63.4 Å². The van der Waals surface area contributed by atoms with Gasteiger partial charge in [0.25, 0.3) is 0 Å². The van der Waals surface area contributed by atoms with Crippen LogP contribution in [-0.4, -0.2) is 35.1 Å². The number of amides is 2. The molecular weight excluding hydrogens is 349 g/mol. The van der Waals surface area contributed by atoms with Crippen molar-refractivity contribution in [3.63, 3.8) is 0 Å². The molecule has 1 fully saturated rings. The van der Waals surface area contributed by atoms with Gasteiger partial charge in [-0.3, -0.25) is 9.80 Å². The second kappa shape index (κ2) is 5.88. The maximum Gasteiger partial charge on any atom is 0.330 e. The van der Waals surface area contributed by atoms with Crippen molar-refractivity contribution in [3.8, 4) is 0 Å². The van der Waals surface area contributed by atoms with Gasteiger partial charge in [-0.15, -0.1) is 13.1 Å². The number of nitrogens with zero attached hydrogens (tertiary/aromatic N) is 5. The maximum absolute atomic E-state index is 13.2. The third kappa shape index (κ3) is 2.42. The summed E-state index contributed by atoms with van der Waals surface area (Å²) in [4.78, 5) is 24.9. The lowest BCUT2D eigenvalue weighted by Crippen LogP contribution is -2.57. The number of hydrogen-bond donors (Lipinski definition) is 0. The van der Waals surface area contributed by atoms with Gasteiger partial charge in [-0.2, -0.15) is 4.98 Å². The quantitative estimate of drug-likeness (QED) is 0.763. The van der Waals surface area contributed by atoms with Crippen molar-refractivity contribution >= 4 is 40.7 Å². The molecule has 0 unspecified atom stereocenters. The molecule has 0 atom stereocenters. The zero-order valence-corrected chi connectivity index (χ0v) is 14.4. The first kappa shape index (κ1) is 15.6. The minimum Gasteiger partial charge on any atom is -0.659 e. The van der Waals surface area contributed by atoms with Crippen LogP contribution in [0.2, 0.25) is 10.3 Å². The van der Waals surface area contributed by atoms with Crippen LogP contribution in [0.4, 0.5) is 16.3 Å². The average molecular weight is 363 g/mol. The van der Waals surface area contributed by atoms with Crippen LogP contribution in [0.5, 0.6) is 0 Å². The van der Waals surface area contributed by atoms with Crippen LogP contribution >= 0.6 is 23.2 Å². The number of para-hydroxylation sites is 1. The van der Waals surface area contributed by atoms with Crippen LogP contribution < -0.4 is 9.80 Å². The SMILES string of the molecule is Cc1cccc(Cl)c1N1Cc2cnc(Cl)nc2N(C2C[N-]C2)C1=O. The Kier molecular flexibility index (Phi) is 3.83. The summed E-state index contributed by atoms with van der Waals surface area (Å²) in [6.45, 7) is 3.49. The Balaban J connectivity index is 1.84. The molecule has 0 spiro atoms. The predicted molar refractivity (Wildman–Crippen MR) is 94.2 cm³/mol. The minimum absolute atomic E-state index is 0.00666. The van der Waals surface area contributed by atoms with E-state index in [1.807, 2.05) is 19.1 Å². The lowest BCUT2D eigenvalue weighted by Gasteiger charge is -2.50. The molecule has 2 aromatic rings. The van der Waals surface area contributed by atoms with Gasteiger partial charge >= 0.3 is 6.03 Å². The molecule has 2 amide bonds. The van der Waals surface area contributed by atoms with Gasteiger partial charge in [0.2, 0.25) is 5.28 Å². The number of aryl methyl sites for hydroxylation is 1. The fraction of sp³-hybridized carbons (Fsp3) is 0.312. The van der Waals surface area contributed by atoms with E-state index in [-0.39, 0.29) is 17.4 Å². The summed E-state index contributed by atoms with van der Waals surface area (Å²) >= 11 is 12.3. The Labute approximate surface area is 149 Å². The van der Waals surface area contributed by atoms with Crippen molar-refractivity contribution in [2.75, 3.05) is 22.9 Å². The van der Waals surface area contributed by atoms with Crippen LogP contribution in [0.15, 0.2) is 24.4 Å². The van der Waals surface area contributed by atoms with Crippen molar-refractivity contribution in [2.24, 2.45) is 0 Å². The van der Waals surface area contributed by atoms with Crippen molar-refractivity contribution in [2.45, 2.75) is 19.5 Å². The third-order valence-electron chi connectivity index (χ3n) is 4.31. The molecule has 0 saturated carbocycles. The summed E-state index contributed by atoms with van der Waals surface area (Å²) in [5.74, 6) is 0.570. The second-order valence-corrected chi connectivity index (χ2v) is 6.62. The summed E-state index contributed by atoms with van der Waals surface area (Å²) < 4.78 is 0. The fourth-order valence-electron chi connectivity index (χ4n) is 3.03. The van der Waals surface area contributed by atoms with Crippen LogP contribution in [0.1, 0.15) is 11.1 Å². The van der Waals surface area contributed by atoms with E-state index in [0.29, 0.717) is 36.2 Å². The van der Waals surface area contributed by atoms with Crippen LogP contribution in [0, 0.1) is 6.92 Å². The highest BCUT2D eigenvalue weighted by Crippen LogP contribution is 2.38. The normalized spacial score (nSPS) is 17.7. The molecule has 0 N–H and O–H groups in total. The zero-order valence-electron chi connectivity index (χ0n) is 12.9. The summed E-state index contributed by atoms with van der Waals surface area (Å²) in [5, 5.41) is 4.89. The van der Waals surface area contributed by atoms with E-state index >= 15 is 0 Å². The molecule has 4 rings (SSSR count). The van der Waals surface area contributed by atoms with Crippen molar-refractivity contribution in [1.29, 1.82) is 0 Å². The molecule has 0 aliphatic carbocycles. The molecule has 8 heteroatoms. The highest BCUT2D eigenvalue weighted by atomic mass is 35.5. The monoisotopic (exact) mass is 362 g/mol. The largest absolute Gasteiger partial charge is 0.659 e. The molecule has 1 aromatic carbocycles. The van der Waals surface area contributed by atoms with E-state index < -0.39 is 0 Å². The number of anilines is 2. The second-order valence-electron chi connectivity index (χ2n) is 5.87. The molecule has 0 radical (unpaired) electrons. The van der Waals surface area contributed by atoms with Gasteiger partial charge in [0.15, 0.2) is 0 Å². The van der Waals surface area contributed by atoms with E-state index in [1.54, 1.807) is 22.1 Å². The predicted octanol–water partition coefficient (Wildman–Crippen LogP) is 3.79. The summed E-state index contributed by atoms with van der Waals surface area (Å²) in [6, 6.07) is 5.43. The Hall–Kier alpha value is -1.89. The first-order valence-electron chi connectivity index (χ1n) is 7.57. The molecule has 0 bridgehead atoms. The summed E-state index contributed by atoms with van der Waals surface area (Å²) in [5.41, 5.74) is 2.49. The molecule has 6 nitrogen and oxygen atoms in total. The van der Waals surface area contributed by atoms with Gasteiger partial charge in [-0.1, -0.05) is 23.7 Å². The van der Waals surface area contributed by atoms with E-state index in [0.717, 1.165) is 11.1 Å². The van der Waals surface area contributed by atoms with Crippen molar-refractivity contribution < 1.29 is 4.79 Å². The Morgan fingerprint density at radius 1 is 1.29 bits per heavy atom. The highest BCUT2D eigenvalue weighted by molar-refractivity contribution is 6.34. The third-order valence-corrected chi connectivity index (χ3v) is 4.80. The Morgan fingerprint density at radius 2 is 2.08 bits per heavy atom. The number of carbonyl (C=O) groups excluding carboxylic acids is 1. The number of urea groups is 1. The lowest BCUT2D eigenvalue weighted by atomic mass is 10.1. The van der Waals surface area contributed by atoms with E-state index in [1.165, 1.54) is 0 Å². The number of benzene rings is 1. The molecule has 1 saturated heterocycles. The van der Waals surface area contributed by atoms with E-state index in [4.69, 9.17) is 23.2 Å². The minimum atomic E-state index is -0.159. The zero-order chi connectivity index (χ0) is 16.8. The van der Waals surface area contributed by atoms with Gasteiger partial charge in [-0.25, -0.2) is 9.78 Å². The molecule has 2 aliphatic rings. The number of aromatic nitrogens is 2. The van der Waals surface area contributed by atoms with Gasteiger partial charge in [-0.05, 0) is 30.2 Å². The number of hydrogen-bond acceptors (Lipinski definition) is 3. The molecule has 124 valence electrons. The van der Waals surface area contributed by atoms with Gasteiger partial charge in [0.1, 0.15) is 5.82 Å². The van der Waals surface area contributed by atoms with E-state index in [9.17, 15) is 4.79 Å². The van der Waals surface area contributed by atoms with Crippen LogP contribution in [0.3, 0.4) is 0 Å². The first-order valence-corrected chi connectivity index (χ1v) is 8.32. The number of halogens is 2. The summed E-state index contributed by atoms with van der Waals surface area (Å²) in [6.07, 6.45) is 1.67. The first-order chi connectivity index (χ1) is 11.6. The van der Waals surface area contributed by atoms with E-state index in [2.05, 4.69) is 15.3 Å². The molecule has 3 heterocycles. The standard InChI is InChI=1S/C16H14Cl2N5O/c1-9-3-2-4-12(17)13(9)22-8-10-5-20-15(18)21-14(10)23(16(22)24)11-6-19-7-11/h2-5,11H,6-8H2,1H3/q-1. The van der Waals surface area contributed by atoms with Crippen LogP contribution in [-0.2, 0) is 6.54 Å². The molecule has 1 aromatic heterocycles. The lowest BCUT2D eigenvalue weighted by molar-refractivity contribution is 0.247. The molecule has 24 heavy (non-hydrogen) atoms. The summed E-state index contributed by atoms with van der Waals surface area (Å²) in [7, 11) is 0. The van der Waals surface area contributed by atoms with Crippen molar-refractivity contribution in [3.05, 3.63) is 51.1 Å². The Morgan fingerprint density at radius 3 is 2.75 bits per heavy atom. The molecule has 2 aliphatic heterocycles. The van der Waals surface area contributed by atoms with Gasteiger partial charge < -0.3 is 5.32 Å². The van der Waals surface area contributed by atoms with Gasteiger partial charge in [0, 0.05) is 17.8 Å². The van der Waals surface area contributed by atoms with Crippen LogP contribution in [0.25, 0.3) is 5.32 Å². The number of rotatable bonds is 2. The number of carbonyl (C=O) groups is 1. The highest BCUT2D eigenvalue weighted by Gasteiger charge is 2.37.